The van der Waals surface area contributed by atoms with E-state index < -0.39 is 57.3 Å². The molecule has 50 heavy (non-hydrogen) atoms. The van der Waals surface area contributed by atoms with E-state index >= 15 is 0 Å². The SMILES string of the molecule is CCCCCCCCCCCCNc1nc(Cl)nc2c1ncn2[C@@H]1O[C@H](CCP(=O)(CP(=O)(OC)OC)OCC)C(OC(C)=O)C1OC(C)=O. The number of hydrogen-bond acceptors (Lipinski definition) is 14. The van der Waals surface area contributed by atoms with Crippen molar-refractivity contribution in [2.24, 2.45) is 0 Å². The summed E-state index contributed by atoms with van der Waals surface area (Å²) in [4.78, 5) is 37.9. The standard InChI is InChI=1S/C32H54ClN5O10P2/c1-7-9-10-11-12-13-14-15-16-17-19-34-29-26-30(37-32(33)36-29)38(21-35-26)31-28(47-24(4)40)27(46-23(3)39)25(48-31)18-20-49(41,45-8-2)22-50(42,43-5)44-6/h21,25,27-28,31H,7-20,22H2,1-6H3,(H,34,36,37)/t25-,27?,28?,31-,49?/m1/s1. The summed E-state index contributed by atoms with van der Waals surface area (Å²) in [5.41, 5.74) is 0.732. The molecule has 5 atom stereocenters. The van der Waals surface area contributed by atoms with Crippen LogP contribution < -0.4 is 5.32 Å². The molecule has 18 heteroatoms. The molecule has 284 valence electrons. The Hall–Kier alpha value is -2.12. The maximum absolute atomic E-state index is 13.8. The van der Waals surface area contributed by atoms with Gasteiger partial charge < -0.3 is 33.1 Å². The van der Waals surface area contributed by atoms with Crippen molar-refractivity contribution in [2.75, 3.05) is 44.8 Å². The third-order valence-electron chi connectivity index (χ3n) is 8.44. The Morgan fingerprint density at radius 1 is 0.920 bits per heavy atom. The lowest BCUT2D eigenvalue weighted by molar-refractivity contribution is -0.165. The van der Waals surface area contributed by atoms with E-state index in [0.717, 1.165) is 12.8 Å². The predicted molar refractivity (Wildman–Crippen MR) is 191 cm³/mol. The molecule has 0 amide bonds. The Bertz CT molecular complexity index is 1470. The second kappa shape index (κ2) is 20.8. The minimum atomic E-state index is -3.70. The van der Waals surface area contributed by atoms with E-state index in [1.807, 2.05) is 0 Å². The number of esters is 2. The molecule has 15 nitrogen and oxygen atoms in total. The van der Waals surface area contributed by atoms with Crippen LogP contribution in [0, 0.1) is 0 Å². The number of ether oxygens (including phenoxy) is 3. The number of fused-ring (bicyclic) bond motifs is 1. The minimum absolute atomic E-state index is 0.0188. The zero-order chi connectivity index (χ0) is 36.7. The number of nitrogens with zero attached hydrogens (tertiary/aromatic N) is 4. The van der Waals surface area contributed by atoms with E-state index in [1.54, 1.807) is 11.5 Å². The van der Waals surface area contributed by atoms with Crippen LogP contribution in [0.15, 0.2) is 6.33 Å². The number of nitrogens with one attached hydrogen (secondary N) is 1. The highest BCUT2D eigenvalue weighted by Crippen LogP contribution is 2.63. The van der Waals surface area contributed by atoms with E-state index in [4.69, 9.17) is 39.4 Å². The van der Waals surface area contributed by atoms with Gasteiger partial charge in [0.1, 0.15) is 12.0 Å². The second-order valence-corrected chi connectivity index (χ2v) is 18.1. The highest BCUT2D eigenvalue weighted by atomic mass is 35.5. The first-order chi connectivity index (χ1) is 23.9. The van der Waals surface area contributed by atoms with Crippen molar-refractivity contribution in [1.29, 1.82) is 0 Å². The smallest absolute Gasteiger partial charge is 0.339 e. The molecule has 0 spiro atoms. The fourth-order valence-electron chi connectivity index (χ4n) is 6.02. The first kappa shape index (κ1) is 42.3. The lowest BCUT2D eigenvalue weighted by Gasteiger charge is -2.25. The number of anilines is 1. The molecule has 3 rings (SSSR count). The number of carbonyl (C=O) groups is 2. The van der Waals surface area contributed by atoms with Crippen molar-refractivity contribution >= 4 is 55.5 Å². The number of carbonyl (C=O) groups excluding carboxylic acids is 2. The van der Waals surface area contributed by atoms with Gasteiger partial charge in [0, 0.05) is 40.8 Å². The molecule has 2 aromatic rings. The molecule has 0 bridgehead atoms. The first-order valence-electron chi connectivity index (χ1n) is 17.5. The molecular formula is C32H54ClN5O10P2. The molecule has 2 aromatic heterocycles. The number of aromatic nitrogens is 4. The molecule has 0 aliphatic carbocycles. The van der Waals surface area contributed by atoms with Crippen molar-refractivity contribution in [3.63, 3.8) is 0 Å². The van der Waals surface area contributed by atoms with Crippen LogP contribution in [0.2, 0.25) is 5.28 Å². The Kier molecular flexibility index (Phi) is 17.6. The number of rotatable bonds is 24. The zero-order valence-electron chi connectivity index (χ0n) is 30.1. The van der Waals surface area contributed by atoms with Crippen LogP contribution in [0.25, 0.3) is 11.2 Å². The maximum atomic E-state index is 13.8. The summed E-state index contributed by atoms with van der Waals surface area (Å²) in [6.45, 7) is 7.09. The van der Waals surface area contributed by atoms with Crippen molar-refractivity contribution in [1.82, 2.24) is 19.5 Å². The summed E-state index contributed by atoms with van der Waals surface area (Å²) in [5.74, 6) is -1.29. The van der Waals surface area contributed by atoms with Gasteiger partial charge in [-0.25, -0.2) is 4.98 Å². The highest BCUT2D eigenvalue weighted by molar-refractivity contribution is 7.73. The second-order valence-electron chi connectivity index (χ2n) is 12.3. The molecule has 1 fully saturated rings. The predicted octanol–water partition coefficient (Wildman–Crippen LogP) is 7.72. The Balaban J connectivity index is 1.79. The molecule has 1 aliphatic rings. The van der Waals surface area contributed by atoms with E-state index in [-0.39, 0.29) is 24.5 Å². The van der Waals surface area contributed by atoms with E-state index in [9.17, 15) is 18.7 Å². The summed E-state index contributed by atoms with van der Waals surface area (Å²) in [6.07, 6.45) is 9.35. The minimum Gasteiger partial charge on any atom is -0.456 e. The highest BCUT2D eigenvalue weighted by Gasteiger charge is 2.51. The fourth-order valence-corrected chi connectivity index (χ4v) is 11.5. The lowest BCUT2D eigenvalue weighted by Crippen LogP contribution is -2.39. The number of unbranched alkanes of at least 4 members (excludes halogenated alkanes) is 9. The van der Waals surface area contributed by atoms with Gasteiger partial charge >= 0.3 is 19.5 Å². The fraction of sp³-hybridized carbons (Fsp3) is 0.781. The van der Waals surface area contributed by atoms with Gasteiger partial charge in [-0.15, -0.1) is 0 Å². The molecule has 0 saturated carbocycles. The van der Waals surface area contributed by atoms with E-state index in [0.29, 0.717) is 23.5 Å². The van der Waals surface area contributed by atoms with Crippen molar-refractivity contribution in [3.8, 4) is 0 Å². The van der Waals surface area contributed by atoms with Crippen LogP contribution in [0.4, 0.5) is 5.82 Å². The topological polar surface area (TPSA) is 179 Å². The van der Waals surface area contributed by atoms with Gasteiger partial charge in [-0.1, -0.05) is 64.7 Å². The molecule has 3 heterocycles. The largest absolute Gasteiger partial charge is 0.456 e. The van der Waals surface area contributed by atoms with Crippen LogP contribution in [-0.4, -0.2) is 89.2 Å². The van der Waals surface area contributed by atoms with Crippen LogP contribution >= 0.6 is 26.6 Å². The van der Waals surface area contributed by atoms with Crippen molar-refractivity contribution < 1.29 is 46.5 Å². The third kappa shape index (κ3) is 12.5. The molecule has 0 radical (unpaired) electrons. The Morgan fingerprint density at radius 2 is 1.52 bits per heavy atom. The van der Waals surface area contributed by atoms with Crippen molar-refractivity contribution in [3.05, 3.63) is 11.6 Å². The quantitative estimate of drug-likeness (QED) is 0.0475. The van der Waals surface area contributed by atoms with Crippen molar-refractivity contribution in [2.45, 2.75) is 123 Å². The molecule has 1 N–H and O–H groups in total. The van der Waals surface area contributed by atoms with Gasteiger partial charge in [0.2, 0.25) is 12.7 Å². The van der Waals surface area contributed by atoms with Gasteiger partial charge in [0.15, 0.2) is 35.4 Å². The molecule has 1 aliphatic heterocycles. The molecular weight excluding hydrogens is 712 g/mol. The summed E-state index contributed by atoms with van der Waals surface area (Å²) >= 11 is 6.37. The number of hydrogen-bond donors (Lipinski definition) is 1. The molecule has 0 aromatic carbocycles. The Labute approximate surface area is 300 Å². The zero-order valence-corrected chi connectivity index (χ0v) is 32.7. The summed E-state index contributed by atoms with van der Waals surface area (Å²) < 4.78 is 61.5. The van der Waals surface area contributed by atoms with Gasteiger partial charge in [0.05, 0.1) is 12.9 Å². The van der Waals surface area contributed by atoms with Gasteiger partial charge in [-0.05, 0) is 31.4 Å². The first-order valence-corrected chi connectivity index (χ1v) is 21.6. The van der Waals surface area contributed by atoms with Crippen LogP contribution in [0.5, 0.6) is 0 Å². The number of imidazole rings is 1. The monoisotopic (exact) mass is 765 g/mol. The van der Waals surface area contributed by atoms with Crippen LogP contribution in [0.3, 0.4) is 0 Å². The normalized spacial score (nSPS) is 20.5. The van der Waals surface area contributed by atoms with Gasteiger partial charge in [-0.3, -0.25) is 23.3 Å². The number of halogens is 1. The Morgan fingerprint density at radius 3 is 2.10 bits per heavy atom. The summed E-state index contributed by atoms with van der Waals surface area (Å²) in [6, 6.07) is 0. The van der Waals surface area contributed by atoms with Crippen LogP contribution in [-0.2, 0) is 46.5 Å². The molecule has 1 saturated heterocycles. The molecule has 3 unspecified atom stereocenters. The maximum Gasteiger partial charge on any atom is 0.339 e. The van der Waals surface area contributed by atoms with E-state index in [1.165, 1.54) is 85.8 Å². The average molecular weight is 766 g/mol. The summed E-state index contributed by atoms with van der Waals surface area (Å²) in [5, 5.41) is 3.30. The third-order valence-corrected chi connectivity index (χ3v) is 14.5. The summed E-state index contributed by atoms with van der Waals surface area (Å²) in [7, 11) is -4.89. The van der Waals surface area contributed by atoms with E-state index in [2.05, 4.69) is 27.2 Å². The van der Waals surface area contributed by atoms with Gasteiger partial charge in [0.25, 0.3) is 0 Å². The average Bonchev–Trinajstić information content (AvgIpc) is 3.62. The lowest BCUT2D eigenvalue weighted by atomic mass is 10.1. The van der Waals surface area contributed by atoms with Gasteiger partial charge in [-0.2, -0.15) is 9.97 Å². The van der Waals surface area contributed by atoms with Crippen LogP contribution in [0.1, 0.15) is 105 Å².